The Morgan fingerprint density at radius 2 is 1.82 bits per heavy atom. The van der Waals surface area contributed by atoms with Gasteiger partial charge in [0.25, 0.3) is 10.0 Å². The summed E-state index contributed by atoms with van der Waals surface area (Å²) >= 11 is 0. The number of benzene rings is 1. The van der Waals surface area contributed by atoms with Crippen LogP contribution in [0.4, 0.5) is 13.6 Å². The molecule has 8 nitrogen and oxygen atoms in total. The van der Waals surface area contributed by atoms with Crippen LogP contribution in [0.2, 0.25) is 0 Å². The van der Waals surface area contributed by atoms with Crippen molar-refractivity contribution >= 4 is 16.1 Å². The van der Waals surface area contributed by atoms with Crippen LogP contribution in [0.15, 0.2) is 35.4 Å². The average Bonchev–Trinajstić information content (AvgIpc) is 3.12. The van der Waals surface area contributed by atoms with Gasteiger partial charge in [-0.25, -0.2) is 4.79 Å². The Bertz CT molecular complexity index is 958. The molecule has 0 unspecified atom stereocenters. The zero-order chi connectivity index (χ0) is 20.7. The molecule has 0 spiro atoms. The molecule has 1 aromatic heterocycles. The maximum atomic E-state index is 12.7. The monoisotopic (exact) mass is 415 g/mol. The fourth-order valence-corrected chi connectivity index (χ4v) is 3.78. The van der Waals surface area contributed by atoms with Crippen LogP contribution in [0.25, 0.3) is 0 Å². The number of aromatic nitrogens is 2. The molecule has 3 rings (SSSR count). The van der Waals surface area contributed by atoms with Crippen molar-refractivity contribution in [2.24, 2.45) is 0 Å². The highest BCUT2D eigenvalue weighted by molar-refractivity contribution is 7.89. The van der Waals surface area contributed by atoms with Crippen LogP contribution in [0.3, 0.4) is 0 Å². The van der Waals surface area contributed by atoms with Crippen molar-refractivity contribution in [3.8, 4) is 5.75 Å². The fraction of sp³-hybridized carbons (Fsp3) is 0.412. The van der Waals surface area contributed by atoms with E-state index in [2.05, 4.69) is 9.84 Å². The summed E-state index contributed by atoms with van der Waals surface area (Å²) in [5.41, 5.74) is 0.403. The maximum absolute atomic E-state index is 12.7. The molecule has 0 N–H and O–H groups in total. The molecule has 0 radical (unpaired) electrons. The van der Waals surface area contributed by atoms with Gasteiger partial charge in [-0.05, 0) is 45.0 Å². The number of hydrogen-bond donors (Lipinski definition) is 0. The van der Waals surface area contributed by atoms with Crippen molar-refractivity contribution in [3.63, 3.8) is 0 Å². The number of nitrogens with zero attached hydrogens (tertiary/aromatic N) is 3. The molecular weight excluding hydrogens is 396 g/mol. The van der Waals surface area contributed by atoms with Gasteiger partial charge >= 0.3 is 12.7 Å². The highest BCUT2D eigenvalue weighted by atomic mass is 32.2. The topological polar surface area (TPSA) is 90.7 Å². The number of ether oxygens (including phenoxy) is 2. The van der Waals surface area contributed by atoms with Crippen LogP contribution in [-0.4, -0.2) is 40.8 Å². The van der Waals surface area contributed by atoms with E-state index in [0.717, 1.165) is 28.4 Å². The lowest BCUT2D eigenvalue weighted by Gasteiger charge is -2.24. The van der Waals surface area contributed by atoms with E-state index in [4.69, 9.17) is 4.74 Å². The van der Waals surface area contributed by atoms with Crippen LogP contribution in [-0.2, 0) is 27.8 Å². The zero-order valence-corrected chi connectivity index (χ0v) is 16.2. The van der Waals surface area contributed by atoms with Gasteiger partial charge in [-0.1, -0.05) is 0 Å². The molecule has 1 aromatic carbocycles. The first kappa shape index (κ1) is 20.1. The smallest absolute Gasteiger partial charge is 0.410 e. The fourth-order valence-electron chi connectivity index (χ4n) is 2.61. The minimum absolute atomic E-state index is 0.126. The minimum atomic E-state index is -4.00. The third kappa shape index (κ3) is 4.24. The Morgan fingerprint density at radius 1 is 1.18 bits per heavy atom. The van der Waals surface area contributed by atoms with E-state index in [1.165, 1.54) is 11.1 Å². The number of carbonyl (C=O) groups excluding carboxylic acids is 1. The molecule has 0 bridgehead atoms. The quantitative estimate of drug-likeness (QED) is 0.763. The van der Waals surface area contributed by atoms with Crippen LogP contribution in [0, 0.1) is 0 Å². The largest absolute Gasteiger partial charge is 0.444 e. The summed E-state index contributed by atoms with van der Waals surface area (Å²) in [7, 11) is -4.00. The number of fused-ring (bicyclic) bond motifs is 1. The molecule has 0 atom stereocenters. The molecule has 1 aliphatic heterocycles. The molecule has 28 heavy (non-hydrogen) atoms. The Hall–Kier alpha value is -2.69. The normalized spacial score (nSPS) is 14.3. The van der Waals surface area contributed by atoms with Crippen LogP contribution in [0.5, 0.6) is 5.75 Å². The van der Waals surface area contributed by atoms with E-state index in [1.54, 1.807) is 20.8 Å². The number of alkyl halides is 2. The van der Waals surface area contributed by atoms with Gasteiger partial charge in [0, 0.05) is 11.8 Å². The summed E-state index contributed by atoms with van der Waals surface area (Å²) in [5, 5.41) is 4.07. The van der Waals surface area contributed by atoms with Crippen molar-refractivity contribution in [1.82, 2.24) is 14.1 Å². The molecule has 0 fully saturated rings. The lowest BCUT2D eigenvalue weighted by atomic mass is 10.2. The molecule has 1 amide bonds. The maximum Gasteiger partial charge on any atom is 0.410 e. The predicted molar refractivity (Wildman–Crippen MR) is 93.4 cm³/mol. The lowest BCUT2D eigenvalue weighted by Crippen LogP contribution is -2.33. The summed E-state index contributed by atoms with van der Waals surface area (Å²) in [6.45, 7) is 2.58. The van der Waals surface area contributed by atoms with E-state index in [1.807, 2.05) is 0 Å². The highest BCUT2D eigenvalue weighted by Gasteiger charge is 2.31. The Balaban J connectivity index is 1.75. The third-order valence-electron chi connectivity index (χ3n) is 3.80. The number of hydrogen-bond acceptors (Lipinski definition) is 6. The Labute approximate surface area is 160 Å². The SMILES string of the molecule is CC(C)(C)OC(=O)N1Cc2cn(S(=O)(=O)c3ccc(OC(F)F)cc3)nc2C1. The van der Waals surface area contributed by atoms with E-state index < -0.39 is 28.3 Å². The molecule has 152 valence electrons. The van der Waals surface area contributed by atoms with E-state index in [-0.39, 0.29) is 23.7 Å². The standard InChI is InChI=1S/C17H19F2N3O5S/c1-17(2,3)27-16(23)21-8-11-9-22(20-14(11)10-21)28(24,25)13-6-4-12(5-7-13)26-15(18)19/h4-7,9,15H,8,10H2,1-3H3. The van der Waals surface area contributed by atoms with Crippen LogP contribution >= 0.6 is 0 Å². The van der Waals surface area contributed by atoms with Crippen molar-refractivity contribution in [1.29, 1.82) is 0 Å². The van der Waals surface area contributed by atoms with Gasteiger partial charge in [-0.2, -0.15) is 26.4 Å². The van der Waals surface area contributed by atoms with Gasteiger partial charge in [-0.15, -0.1) is 0 Å². The first-order valence-electron chi connectivity index (χ1n) is 8.31. The Morgan fingerprint density at radius 3 is 2.36 bits per heavy atom. The number of amides is 1. The van der Waals surface area contributed by atoms with Crippen LogP contribution < -0.4 is 4.74 Å². The average molecular weight is 415 g/mol. The number of rotatable bonds is 4. The second-order valence-corrected chi connectivity index (χ2v) is 8.96. The summed E-state index contributed by atoms with van der Waals surface area (Å²) in [5.74, 6) is -0.148. The van der Waals surface area contributed by atoms with Gasteiger partial charge in [0.2, 0.25) is 0 Å². The van der Waals surface area contributed by atoms with Crippen molar-refractivity contribution in [2.45, 2.75) is 51.0 Å². The molecule has 0 saturated heterocycles. The number of carbonyl (C=O) groups is 1. The van der Waals surface area contributed by atoms with Gasteiger partial charge in [-0.3, -0.25) is 4.90 Å². The molecular formula is C17H19F2N3O5S. The van der Waals surface area contributed by atoms with Crippen LogP contribution in [0.1, 0.15) is 32.0 Å². The molecule has 0 saturated carbocycles. The molecule has 2 aromatic rings. The van der Waals surface area contributed by atoms with Crippen molar-refractivity contribution < 1.29 is 31.5 Å². The lowest BCUT2D eigenvalue weighted by molar-refractivity contribution is -0.0498. The summed E-state index contributed by atoms with van der Waals surface area (Å²) in [6.07, 6.45) is 0.827. The predicted octanol–water partition coefficient (Wildman–Crippen LogP) is 2.97. The van der Waals surface area contributed by atoms with E-state index >= 15 is 0 Å². The molecule has 1 aliphatic rings. The Kier molecular flexibility index (Phi) is 5.04. The molecule has 11 heteroatoms. The summed E-state index contributed by atoms with van der Waals surface area (Å²) < 4.78 is 60.1. The van der Waals surface area contributed by atoms with Gasteiger partial charge in [0.15, 0.2) is 0 Å². The third-order valence-corrected chi connectivity index (χ3v) is 5.35. The molecule has 2 heterocycles. The first-order valence-corrected chi connectivity index (χ1v) is 9.75. The highest BCUT2D eigenvalue weighted by Crippen LogP contribution is 2.26. The minimum Gasteiger partial charge on any atom is -0.444 e. The second kappa shape index (κ2) is 7.04. The van der Waals surface area contributed by atoms with E-state index in [0.29, 0.717) is 11.3 Å². The second-order valence-electron chi connectivity index (χ2n) is 7.16. The van der Waals surface area contributed by atoms with Gasteiger partial charge < -0.3 is 9.47 Å². The van der Waals surface area contributed by atoms with Gasteiger partial charge in [0.05, 0.1) is 23.7 Å². The zero-order valence-electron chi connectivity index (χ0n) is 15.4. The van der Waals surface area contributed by atoms with Gasteiger partial charge in [0.1, 0.15) is 11.4 Å². The number of halogens is 2. The molecule has 0 aliphatic carbocycles. The van der Waals surface area contributed by atoms with Crippen molar-refractivity contribution in [2.75, 3.05) is 0 Å². The first-order chi connectivity index (χ1) is 13.0. The van der Waals surface area contributed by atoms with Crippen molar-refractivity contribution in [3.05, 3.63) is 41.7 Å². The summed E-state index contributed by atoms with van der Waals surface area (Å²) in [6, 6.07) is 4.60. The summed E-state index contributed by atoms with van der Waals surface area (Å²) in [4.78, 5) is 13.4. The van der Waals surface area contributed by atoms with E-state index in [9.17, 15) is 22.0 Å².